The summed E-state index contributed by atoms with van der Waals surface area (Å²) in [6, 6.07) is 174. The number of hydrogen-bond donors (Lipinski definition) is 2. The maximum absolute atomic E-state index is 10.1. The van der Waals surface area contributed by atoms with Gasteiger partial charge in [-0.3, -0.25) is 0 Å². The molecule has 0 aliphatic rings. The largest absolute Gasteiger partial charge is 0.489 e. The highest BCUT2D eigenvalue weighted by molar-refractivity contribution is 9.11. The van der Waals surface area contributed by atoms with Crippen LogP contribution in [0.25, 0.3) is 274 Å². The molecule has 24 aromatic carbocycles. The highest BCUT2D eigenvalue weighted by Crippen LogP contribution is 2.48. The maximum Gasteiger partial charge on any atom is 0.489 e. The third-order valence-corrected chi connectivity index (χ3v) is 29.7. The summed E-state index contributed by atoms with van der Waals surface area (Å²) in [4.78, 5) is 35.5. The van der Waals surface area contributed by atoms with Gasteiger partial charge in [0.15, 0.2) is 17.5 Å². The molecular weight excluding hydrogens is 1920 g/mol. The summed E-state index contributed by atoms with van der Waals surface area (Å²) in [5.74, 6) is 1.93. The minimum absolute atomic E-state index is 0.488. The average molecular weight is 2010 g/mol. The molecule has 0 aliphatic carbocycles. The third-order valence-electron chi connectivity index (χ3n) is 28.5. The smallest absolute Gasteiger partial charge is 0.423 e. The Kier molecular flexibility index (Phi) is 23.1. The molecule has 5 heterocycles. The van der Waals surface area contributed by atoms with E-state index in [2.05, 4.69) is 408 Å². The lowest BCUT2D eigenvalue weighted by molar-refractivity contribution is 0.426. The lowest BCUT2D eigenvalue weighted by Gasteiger charge is -2.16. The Morgan fingerprint density at radius 1 is 0.163 bits per heavy atom. The summed E-state index contributed by atoms with van der Waals surface area (Å²) in [6.07, 6.45) is 0. The lowest BCUT2D eigenvalue weighted by Crippen LogP contribution is -2.30. The normalized spacial score (nSPS) is 11.5. The van der Waals surface area contributed by atoms with Crippen LogP contribution in [-0.4, -0.2) is 52.1 Å². The zero-order chi connectivity index (χ0) is 98.1. The van der Waals surface area contributed by atoms with Gasteiger partial charge < -0.3 is 10.0 Å². The van der Waals surface area contributed by atoms with Gasteiger partial charge in [0.2, 0.25) is 0 Å². The van der Waals surface area contributed by atoms with Crippen molar-refractivity contribution in [1.29, 1.82) is 0 Å². The number of nitrogens with zero attached hydrogens (tertiary/aromatic N) is 7. The predicted molar refractivity (Wildman–Crippen MR) is 625 cm³/mol. The molecule has 147 heavy (non-hydrogen) atoms. The molecule has 2 N–H and O–H groups in total. The molecule has 9 nitrogen and oxygen atoms in total. The third kappa shape index (κ3) is 16.6. The SMILES string of the molecule is Brc1cc2c(-c3ccc4ccccc4c3)nc3ccccc3c2c2ccccc12.Brc1ccc(-c2cc3c(-c4ccc5ccccc5c4)nc4ccccc4c3c3ccccc23)cc1.OB(O)c1cc2c(-c3ccc4ccccc4c3)nc3ccccc3c2c2ccccc12.c1ccc(-c2nc(-c3ccccc3)nc(-c3ccc(-c4cc5c(-c6ccc7ccccc7c6)nc6ccccc6c5c5ccccc45)cc3)n2)cc1. The molecule has 0 fully saturated rings. The van der Waals surface area contributed by atoms with Crippen LogP contribution >= 0.6 is 31.9 Å². The van der Waals surface area contributed by atoms with Crippen molar-refractivity contribution in [2.45, 2.75) is 0 Å². The summed E-state index contributed by atoms with van der Waals surface area (Å²) in [5.41, 5.74) is 20.2. The molecule has 29 rings (SSSR count). The van der Waals surface area contributed by atoms with Gasteiger partial charge >= 0.3 is 7.12 Å². The van der Waals surface area contributed by atoms with Crippen LogP contribution in [-0.2, 0) is 0 Å². The Hall–Kier alpha value is -18.0. The lowest BCUT2D eigenvalue weighted by atomic mass is 9.75. The van der Waals surface area contributed by atoms with Crippen LogP contribution in [0.3, 0.4) is 0 Å². The second kappa shape index (κ2) is 38.0. The van der Waals surface area contributed by atoms with Gasteiger partial charge in [-0.1, -0.05) is 450 Å². The van der Waals surface area contributed by atoms with Crippen molar-refractivity contribution in [3.63, 3.8) is 0 Å². The van der Waals surface area contributed by atoms with Crippen LogP contribution in [0.4, 0.5) is 0 Å². The van der Waals surface area contributed by atoms with E-state index in [1.54, 1.807) is 0 Å². The number of benzene rings is 24. The summed E-state index contributed by atoms with van der Waals surface area (Å²) in [7, 11) is -1.56. The summed E-state index contributed by atoms with van der Waals surface area (Å²) >= 11 is 7.39. The van der Waals surface area contributed by atoms with Crippen LogP contribution < -0.4 is 5.46 Å². The van der Waals surface area contributed by atoms with E-state index in [0.717, 1.165) is 147 Å². The fourth-order valence-corrected chi connectivity index (χ4v) is 22.4. The van der Waals surface area contributed by atoms with Crippen molar-refractivity contribution < 1.29 is 10.0 Å². The topological polar surface area (TPSA) is 131 Å². The molecule has 0 saturated heterocycles. The number of para-hydroxylation sites is 4. The maximum atomic E-state index is 10.1. The standard InChI is InChI=1S/C48H30N4.C33H20BrN.C27H18BNO2.C27H16BrN/c1-3-14-33(15-4-1)46-50-47(34-16-5-2-6-17-34)52-48(51-46)35-26-24-32(25-27-35)41-30-42-44(39-20-10-9-19-38(39)41)40-21-11-12-22-43(40)49-45(42)37-28-23-31-13-7-8-18-36(31)29-37;34-25-17-15-22(16-18-25)29-20-30-32(27-10-4-3-9-26(27)29)28-11-5-6-12-31(28)35-33(30)24-14-13-21-7-1-2-8-23(21)19-24;30-28(31)24-16-23-26(21-10-4-3-9-20(21)24)22-11-5-6-12-25(22)29-27(23)19-14-13-17-7-1-2-8-18(17)15-19;28-24-16-23-26(21-10-4-3-9-20(21)24)22-11-5-6-12-25(22)29-27(23)19-14-13-17-7-1-2-8-18(17)15-19/h1-30H;1-20H;1-16,30-31H;1-16H. The Bertz CT molecular complexity index is 10300. The number of fused-ring (bicyclic) bond motifs is 24. The first-order chi connectivity index (χ1) is 72.5. The highest BCUT2D eigenvalue weighted by Gasteiger charge is 2.26. The number of aromatic nitrogens is 7. The van der Waals surface area contributed by atoms with Gasteiger partial charge in [0.25, 0.3) is 0 Å². The van der Waals surface area contributed by atoms with Crippen LogP contribution in [0, 0.1) is 0 Å². The van der Waals surface area contributed by atoms with E-state index in [1.807, 2.05) is 121 Å². The zero-order valence-electron chi connectivity index (χ0n) is 79.2. The van der Waals surface area contributed by atoms with E-state index in [0.29, 0.717) is 22.9 Å². The number of halogens is 2. The Balaban J connectivity index is 0.000000102. The monoisotopic (exact) mass is 2000 g/mol. The van der Waals surface area contributed by atoms with Crippen LogP contribution in [0.15, 0.2) is 506 Å². The van der Waals surface area contributed by atoms with E-state index in [1.165, 1.54) is 119 Å². The first kappa shape index (κ1) is 89.1. The molecule has 688 valence electrons. The fraction of sp³-hybridized carbons (Fsp3) is 0. The van der Waals surface area contributed by atoms with Crippen LogP contribution in [0.2, 0.25) is 0 Å². The molecule has 12 heteroatoms. The Morgan fingerprint density at radius 3 is 0.741 bits per heavy atom. The molecule has 0 atom stereocenters. The molecule has 0 amide bonds. The Morgan fingerprint density at radius 2 is 0.401 bits per heavy atom. The van der Waals surface area contributed by atoms with Crippen molar-refractivity contribution in [2.75, 3.05) is 0 Å². The van der Waals surface area contributed by atoms with Crippen molar-refractivity contribution >= 4 is 217 Å². The van der Waals surface area contributed by atoms with Crippen molar-refractivity contribution in [2.24, 2.45) is 0 Å². The van der Waals surface area contributed by atoms with E-state index in [9.17, 15) is 10.0 Å². The number of pyridine rings is 4. The predicted octanol–water partition coefficient (Wildman–Crippen LogP) is 35.2. The minimum Gasteiger partial charge on any atom is -0.423 e. The van der Waals surface area contributed by atoms with Crippen molar-refractivity contribution in [3.8, 4) is 101 Å². The Labute approximate surface area is 863 Å². The van der Waals surface area contributed by atoms with E-state index in [-0.39, 0.29) is 0 Å². The second-order valence-corrected chi connectivity index (χ2v) is 39.0. The molecule has 0 bridgehead atoms. The summed E-state index contributed by atoms with van der Waals surface area (Å²) < 4.78 is 2.18. The fourth-order valence-electron chi connectivity index (χ4n) is 21.5. The van der Waals surface area contributed by atoms with Crippen LogP contribution in [0.5, 0.6) is 0 Å². The van der Waals surface area contributed by atoms with Gasteiger partial charge in [-0.25, -0.2) is 34.9 Å². The molecule has 5 aromatic heterocycles. The molecule has 0 unspecified atom stereocenters. The van der Waals surface area contributed by atoms with Gasteiger partial charge in [-0.05, 0) is 193 Å². The summed E-state index contributed by atoms with van der Waals surface area (Å²) in [5, 5.41) is 52.9. The van der Waals surface area contributed by atoms with Gasteiger partial charge in [0, 0.05) is 113 Å². The van der Waals surface area contributed by atoms with Crippen molar-refractivity contribution in [1.82, 2.24) is 34.9 Å². The first-order valence-electron chi connectivity index (χ1n) is 49.2. The van der Waals surface area contributed by atoms with Crippen molar-refractivity contribution in [3.05, 3.63) is 506 Å². The molecule has 29 aromatic rings. The first-order valence-corrected chi connectivity index (χ1v) is 50.8. The zero-order valence-corrected chi connectivity index (χ0v) is 82.4. The van der Waals surface area contributed by atoms with Gasteiger partial charge in [0.05, 0.1) is 44.8 Å². The minimum atomic E-state index is -1.56. The summed E-state index contributed by atoms with van der Waals surface area (Å²) in [6.45, 7) is 0. The number of hydrogen-bond acceptors (Lipinski definition) is 9. The van der Waals surface area contributed by atoms with Gasteiger partial charge in [0.1, 0.15) is 0 Å². The number of rotatable bonds is 10. The second-order valence-electron chi connectivity index (χ2n) is 37.2. The highest BCUT2D eigenvalue weighted by atomic mass is 79.9. The molecule has 0 radical (unpaired) electrons. The molecular formula is C135H84BBr2N7O2. The molecule has 0 spiro atoms. The molecule has 0 saturated carbocycles. The average Bonchev–Trinajstić information content (AvgIpc) is 0.736. The van der Waals surface area contributed by atoms with Gasteiger partial charge in [-0.15, -0.1) is 0 Å². The van der Waals surface area contributed by atoms with E-state index < -0.39 is 7.12 Å². The van der Waals surface area contributed by atoms with E-state index in [4.69, 9.17) is 34.9 Å². The quantitative estimate of drug-likeness (QED) is 0.101. The van der Waals surface area contributed by atoms with Crippen LogP contribution in [0.1, 0.15) is 0 Å². The van der Waals surface area contributed by atoms with E-state index >= 15 is 0 Å². The van der Waals surface area contributed by atoms with Gasteiger partial charge in [-0.2, -0.15) is 0 Å². The molecule has 0 aliphatic heterocycles.